The molecule has 160 valence electrons. The molecule has 1 aromatic heterocycles. The van der Waals surface area contributed by atoms with Gasteiger partial charge in [-0.15, -0.1) is 0 Å². The maximum absolute atomic E-state index is 14.3. The van der Waals surface area contributed by atoms with Gasteiger partial charge in [0, 0.05) is 42.6 Å². The van der Waals surface area contributed by atoms with E-state index < -0.39 is 0 Å². The van der Waals surface area contributed by atoms with Gasteiger partial charge in [-0.05, 0) is 24.1 Å². The fourth-order valence-electron chi connectivity index (χ4n) is 4.37. The van der Waals surface area contributed by atoms with Gasteiger partial charge in [0.25, 0.3) is 5.91 Å². The topological polar surface area (TPSA) is 52.3 Å². The average Bonchev–Trinajstić information content (AvgIpc) is 3.14. The number of rotatable bonds is 5. The van der Waals surface area contributed by atoms with E-state index in [1.807, 2.05) is 59.7 Å². The van der Waals surface area contributed by atoms with Crippen molar-refractivity contribution < 1.29 is 9.18 Å². The molecular weight excluding hydrogens is 391 g/mol. The van der Waals surface area contributed by atoms with E-state index in [1.54, 1.807) is 12.1 Å². The van der Waals surface area contributed by atoms with E-state index >= 15 is 0 Å². The Morgan fingerprint density at radius 1 is 1.06 bits per heavy atom. The summed E-state index contributed by atoms with van der Waals surface area (Å²) in [5.74, 6) is -0.0793. The number of nitrogens with zero attached hydrogens (tertiary/aromatic N) is 4. The summed E-state index contributed by atoms with van der Waals surface area (Å²) in [5, 5.41) is 10.4. The lowest BCUT2D eigenvalue weighted by Gasteiger charge is -2.38. The molecule has 0 bridgehead atoms. The Morgan fingerprint density at radius 2 is 1.74 bits per heavy atom. The summed E-state index contributed by atoms with van der Waals surface area (Å²) in [7, 11) is 0. The van der Waals surface area contributed by atoms with Gasteiger partial charge in [-0.2, -0.15) is 5.26 Å². The monoisotopic (exact) mass is 418 g/mol. The summed E-state index contributed by atoms with van der Waals surface area (Å²) in [6.45, 7) is 6.89. The molecule has 1 aliphatic heterocycles. The maximum atomic E-state index is 14.3. The number of benzene rings is 2. The fourth-order valence-corrected chi connectivity index (χ4v) is 4.37. The maximum Gasteiger partial charge on any atom is 0.270 e. The summed E-state index contributed by atoms with van der Waals surface area (Å²) in [5.41, 5.74) is 2.03. The van der Waals surface area contributed by atoms with Gasteiger partial charge in [-0.25, -0.2) is 4.39 Å². The molecule has 1 atom stereocenters. The molecule has 0 radical (unpaired) electrons. The van der Waals surface area contributed by atoms with Gasteiger partial charge in [0.15, 0.2) is 0 Å². The first-order chi connectivity index (χ1) is 15.0. The largest absolute Gasteiger partial charge is 0.335 e. The number of amides is 1. The third-order valence-electron chi connectivity index (χ3n) is 6.07. The molecule has 1 unspecified atom stereocenters. The molecule has 1 amide bonds. The summed E-state index contributed by atoms with van der Waals surface area (Å²) in [6, 6.07) is 18.6. The zero-order chi connectivity index (χ0) is 22.0. The summed E-state index contributed by atoms with van der Waals surface area (Å²) in [6.07, 6.45) is 0. The minimum Gasteiger partial charge on any atom is -0.335 e. The first-order valence-electron chi connectivity index (χ1n) is 10.7. The number of hydrogen-bond acceptors (Lipinski definition) is 3. The predicted octanol–water partition coefficient (Wildman–Crippen LogP) is 4.13. The number of hydrogen-bond donors (Lipinski definition) is 0. The van der Waals surface area contributed by atoms with Crippen molar-refractivity contribution in [2.75, 3.05) is 26.2 Å². The van der Waals surface area contributed by atoms with Gasteiger partial charge in [0.1, 0.15) is 17.6 Å². The van der Waals surface area contributed by atoms with Crippen LogP contribution in [0.5, 0.6) is 0 Å². The molecule has 2 aromatic carbocycles. The highest BCUT2D eigenvalue weighted by atomic mass is 19.1. The summed E-state index contributed by atoms with van der Waals surface area (Å²) in [4.78, 5) is 17.5. The van der Waals surface area contributed by atoms with Gasteiger partial charge in [0.2, 0.25) is 0 Å². The van der Waals surface area contributed by atoms with Gasteiger partial charge in [-0.1, -0.05) is 50.2 Å². The Bertz CT molecular complexity index is 1120. The first-order valence-corrected chi connectivity index (χ1v) is 10.7. The van der Waals surface area contributed by atoms with Crippen molar-refractivity contribution in [3.8, 4) is 6.07 Å². The molecule has 1 aliphatic rings. The molecule has 6 heteroatoms. The highest BCUT2D eigenvalue weighted by molar-refractivity contribution is 5.99. The van der Waals surface area contributed by atoms with Crippen LogP contribution in [0, 0.1) is 23.1 Å². The highest BCUT2D eigenvalue weighted by Gasteiger charge is 2.29. The zero-order valence-corrected chi connectivity index (χ0v) is 18.0. The molecule has 0 saturated carbocycles. The van der Waals surface area contributed by atoms with Crippen LogP contribution in [0.1, 0.15) is 29.9 Å². The fraction of sp³-hybridized carbons (Fsp3) is 0.360. The number of halogens is 1. The molecular formula is C25H27FN4O. The third-order valence-corrected chi connectivity index (χ3v) is 6.07. The molecule has 2 heterocycles. The zero-order valence-electron chi connectivity index (χ0n) is 18.0. The number of aromatic nitrogens is 1. The molecule has 0 N–H and O–H groups in total. The number of carbonyl (C=O) groups excluding carboxylic acids is 1. The molecule has 3 aromatic rings. The van der Waals surface area contributed by atoms with Crippen molar-refractivity contribution in [1.82, 2.24) is 14.4 Å². The Morgan fingerprint density at radius 3 is 2.42 bits per heavy atom. The van der Waals surface area contributed by atoms with E-state index in [4.69, 9.17) is 0 Å². The molecule has 0 spiro atoms. The number of carbonyl (C=O) groups is 1. The second-order valence-electron chi connectivity index (χ2n) is 8.41. The van der Waals surface area contributed by atoms with Gasteiger partial charge >= 0.3 is 0 Å². The molecule has 1 saturated heterocycles. The van der Waals surface area contributed by atoms with Crippen LogP contribution in [0.15, 0.2) is 54.6 Å². The van der Waals surface area contributed by atoms with Crippen molar-refractivity contribution in [1.29, 1.82) is 5.26 Å². The normalized spacial score (nSPS) is 15.9. The van der Waals surface area contributed by atoms with Crippen LogP contribution < -0.4 is 0 Å². The van der Waals surface area contributed by atoms with Crippen molar-refractivity contribution >= 4 is 16.8 Å². The van der Waals surface area contributed by atoms with Gasteiger partial charge in [-0.3, -0.25) is 9.69 Å². The molecule has 5 nitrogen and oxygen atoms in total. The van der Waals surface area contributed by atoms with Gasteiger partial charge < -0.3 is 9.47 Å². The van der Waals surface area contributed by atoms with Crippen molar-refractivity contribution in [2.45, 2.75) is 26.4 Å². The lowest BCUT2D eigenvalue weighted by atomic mass is 10.0. The summed E-state index contributed by atoms with van der Waals surface area (Å²) >= 11 is 0. The van der Waals surface area contributed by atoms with Crippen LogP contribution in [-0.4, -0.2) is 52.5 Å². The van der Waals surface area contributed by atoms with Crippen LogP contribution in [-0.2, 0) is 6.54 Å². The predicted molar refractivity (Wildman–Crippen MR) is 119 cm³/mol. The second-order valence-corrected chi connectivity index (χ2v) is 8.41. The van der Waals surface area contributed by atoms with E-state index in [1.165, 1.54) is 6.07 Å². The standard InChI is InChI=1S/C25H27FN4O/c1-18(2)24(16-27)28-11-13-29(14-12-28)25(31)23-15-19-7-4-6-10-22(19)30(23)17-20-8-3-5-9-21(20)26/h3-10,15,18,24H,11-14,17H2,1-2H3. The SMILES string of the molecule is CC(C)C(C#N)N1CCN(C(=O)c2cc3ccccc3n2Cc2ccccc2F)CC1. The number of fused-ring (bicyclic) bond motifs is 1. The van der Waals surface area contributed by atoms with Crippen molar-refractivity contribution in [3.63, 3.8) is 0 Å². The molecule has 4 rings (SSSR count). The highest BCUT2D eigenvalue weighted by Crippen LogP contribution is 2.24. The minimum atomic E-state index is -0.275. The van der Waals surface area contributed by atoms with Crippen molar-refractivity contribution in [2.24, 2.45) is 5.92 Å². The van der Waals surface area contributed by atoms with Crippen LogP contribution in [0.4, 0.5) is 4.39 Å². The van der Waals surface area contributed by atoms with Crippen molar-refractivity contribution in [3.05, 3.63) is 71.7 Å². The third kappa shape index (κ3) is 4.19. The number of nitriles is 1. The molecule has 31 heavy (non-hydrogen) atoms. The Kier molecular flexibility index (Phi) is 6.06. The van der Waals surface area contributed by atoms with Crippen LogP contribution in [0.3, 0.4) is 0 Å². The Hall–Kier alpha value is -3.17. The van der Waals surface area contributed by atoms with Gasteiger partial charge in [0.05, 0.1) is 12.6 Å². The minimum absolute atomic E-state index is 0.0507. The van der Waals surface area contributed by atoms with Crippen LogP contribution >= 0.6 is 0 Å². The molecule has 1 fully saturated rings. The lowest BCUT2D eigenvalue weighted by molar-refractivity contribution is 0.0567. The number of para-hydroxylation sites is 1. The van der Waals surface area contributed by atoms with E-state index in [0.717, 1.165) is 10.9 Å². The quantitative estimate of drug-likeness (QED) is 0.626. The van der Waals surface area contributed by atoms with E-state index in [2.05, 4.69) is 11.0 Å². The Balaban J connectivity index is 1.60. The van der Waals surface area contributed by atoms with E-state index in [9.17, 15) is 14.4 Å². The van der Waals surface area contributed by atoms with Crippen LogP contribution in [0.25, 0.3) is 10.9 Å². The van der Waals surface area contributed by atoms with E-state index in [0.29, 0.717) is 44.0 Å². The smallest absolute Gasteiger partial charge is 0.270 e. The van der Waals surface area contributed by atoms with Crippen LogP contribution in [0.2, 0.25) is 0 Å². The second kappa shape index (κ2) is 8.91. The lowest BCUT2D eigenvalue weighted by Crippen LogP contribution is -2.53. The number of piperazine rings is 1. The summed E-state index contributed by atoms with van der Waals surface area (Å²) < 4.78 is 16.3. The molecule has 0 aliphatic carbocycles. The first kappa shape index (κ1) is 21.1. The Labute approximate surface area is 182 Å². The van der Waals surface area contributed by atoms with E-state index in [-0.39, 0.29) is 23.7 Å². The average molecular weight is 419 g/mol.